The molecule has 0 bridgehead atoms. The average Bonchev–Trinajstić information content (AvgIpc) is 3.47. The van der Waals surface area contributed by atoms with Gasteiger partial charge in [0.2, 0.25) is 0 Å². The van der Waals surface area contributed by atoms with Crippen LogP contribution in [0.15, 0.2) is 81.7 Å². The van der Waals surface area contributed by atoms with E-state index in [2.05, 4.69) is 38.6 Å². The number of nitrogens with one attached hydrogen (secondary N) is 2. The molecule has 1 amide bonds. The lowest BCUT2D eigenvalue weighted by Crippen LogP contribution is -2.34. The van der Waals surface area contributed by atoms with E-state index in [1.807, 2.05) is 30.3 Å². The van der Waals surface area contributed by atoms with Crippen molar-refractivity contribution in [1.82, 2.24) is 15.4 Å². The third kappa shape index (κ3) is 5.00. The van der Waals surface area contributed by atoms with Crippen LogP contribution in [-0.2, 0) is 4.79 Å². The van der Waals surface area contributed by atoms with Gasteiger partial charge in [-0.05, 0) is 17.5 Å². The molecule has 0 spiro atoms. The first-order valence-corrected chi connectivity index (χ1v) is 11.1. The number of aromatic nitrogens is 1. The first-order chi connectivity index (χ1) is 16.1. The summed E-state index contributed by atoms with van der Waals surface area (Å²) in [6.07, 6.45) is 2.98. The molecule has 11 heteroatoms. The van der Waals surface area contributed by atoms with Crippen molar-refractivity contribution in [2.45, 2.75) is 6.04 Å². The quantitative estimate of drug-likeness (QED) is 0.178. The molecule has 166 valence electrons. The molecule has 1 saturated heterocycles. The third-order valence-electron chi connectivity index (χ3n) is 4.64. The lowest BCUT2D eigenvalue weighted by atomic mass is 10.2. The Kier molecular flexibility index (Phi) is 6.93. The number of thiazole rings is 1. The van der Waals surface area contributed by atoms with Gasteiger partial charge in [0, 0.05) is 17.1 Å². The second-order valence-electron chi connectivity index (χ2n) is 6.69. The van der Waals surface area contributed by atoms with Crippen molar-refractivity contribution < 1.29 is 14.7 Å². The monoisotopic (exact) mass is 478 g/mol. The van der Waals surface area contributed by atoms with Crippen molar-refractivity contribution in [2.24, 2.45) is 10.1 Å². The summed E-state index contributed by atoms with van der Waals surface area (Å²) in [6, 6.07) is 15.1. The van der Waals surface area contributed by atoms with Gasteiger partial charge in [0.25, 0.3) is 5.91 Å². The molecule has 4 rings (SSSR count). The maximum Gasteiger partial charge on any atom is 0.337 e. The number of carboxylic acids is 1. The van der Waals surface area contributed by atoms with Crippen LogP contribution in [0.25, 0.3) is 5.70 Å². The van der Waals surface area contributed by atoms with E-state index in [0.29, 0.717) is 10.7 Å². The van der Waals surface area contributed by atoms with Crippen LogP contribution in [0.1, 0.15) is 27.0 Å². The number of aromatic carboxylic acids is 1. The van der Waals surface area contributed by atoms with E-state index < -0.39 is 17.9 Å². The SMILES string of the molecule is O=C(O)c1ccccc1N/N=C1/C(=O)N(C=N/C(=C\S)c2ccccc2)NC1c1nccs1. The van der Waals surface area contributed by atoms with Crippen molar-refractivity contribution in [3.05, 3.63) is 87.7 Å². The third-order valence-corrected chi connectivity index (χ3v) is 5.72. The van der Waals surface area contributed by atoms with E-state index in [-0.39, 0.29) is 17.0 Å². The summed E-state index contributed by atoms with van der Waals surface area (Å²) < 4.78 is 0. The topological polar surface area (TPSA) is 119 Å². The van der Waals surface area contributed by atoms with Crippen LogP contribution >= 0.6 is 24.0 Å². The number of hydrogen-bond acceptors (Lipinski definition) is 9. The highest BCUT2D eigenvalue weighted by Crippen LogP contribution is 2.25. The average molecular weight is 479 g/mol. The molecular formula is C22H18N6O3S2. The van der Waals surface area contributed by atoms with Crippen LogP contribution < -0.4 is 10.9 Å². The van der Waals surface area contributed by atoms with E-state index >= 15 is 0 Å². The van der Waals surface area contributed by atoms with Crippen LogP contribution in [0, 0.1) is 0 Å². The lowest BCUT2D eigenvalue weighted by Gasteiger charge is -2.10. The Balaban J connectivity index is 1.62. The van der Waals surface area contributed by atoms with Crippen molar-refractivity contribution in [3.63, 3.8) is 0 Å². The fraction of sp³-hybridized carbons (Fsp3) is 0.0455. The molecule has 2 heterocycles. The van der Waals surface area contributed by atoms with Gasteiger partial charge in [0.15, 0.2) is 5.71 Å². The van der Waals surface area contributed by atoms with Crippen LogP contribution in [0.3, 0.4) is 0 Å². The molecule has 1 aliphatic heterocycles. The highest BCUT2D eigenvalue weighted by Gasteiger charge is 2.39. The molecule has 0 saturated carbocycles. The van der Waals surface area contributed by atoms with Crippen LogP contribution in [0.2, 0.25) is 0 Å². The van der Waals surface area contributed by atoms with Crippen molar-refractivity contribution >= 4 is 59.3 Å². The van der Waals surface area contributed by atoms with Gasteiger partial charge in [0.05, 0.1) is 16.9 Å². The Morgan fingerprint density at radius 2 is 1.97 bits per heavy atom. The van der Waals surface area contributed by atoms with Gasteiger partial charge in [-0.15, -0.1) is 24.0 Å². The van der Waals surface area contributed by atoms with E-state index in [9.17, 15) is 14.7 Å². The molecule has 3 N–H and O–H groups in total. The predicted molar refractivity (Wildman–Crippen MR) is 131 cm³/mol. The minimum Gasteiger partial charge on any atom is -0.478 e. The minimum atomic E-state index is -1.11. The summed E-state index contributed by atoms with van der Waals surface area (Å²) in [6.45, 7) is 0. The largest absolute Gasteiger partial charge is 0.478 e. The molecule has 9 nitrogen and oxygen atoms in total. The molecule has 33 heavy (non-hydrogen) atoms. The van der Waals surface area contributed by atoms with Crippen LogP contribution in [0.4, 0.5) is 5.69 Å². The molecule has 1 aliphatic rings. The van der Waals surface area contributed by atoms with E-state index in [4.69, 9.17) is 0 Å². The summed E-state index contributed by atoms with van der Waals surface area (Å²) in [7, 11) is 0. The number of hydrazine groups is 1. The highest BCUT2D eigenvalue weighted by molar-refractivity contribution is 7.83. The lowest BCUT2D eigenvalue weighted by molar-refractivity contribution is -0.120. The molecule has 0 aliphatic carbocycles. The fourth-order valence-corrected chi connectivity index (χ4v) is 3.95. The molecule has 1 unspecified atom stereocenters. The summed E-state index contributed by atoms with van der Waals surface area (Å²) in [5, 5.41) is 18.8. The van der Waals surface area contributed by atoms with Gasteiger partial charge in [-0.3, -0.25) is 10.2 Å². The second-order valence-corrected chi connectivity index (χ2v) is 7.88. The van der Waals surface area contributed by atoms with Crippen molar-refractivity contribution in [2.75, 3.05) is 5.43 Å². The van der Waals surface area contributed by atoms with Gasteiger partial charge in [-0.25, -0.2) is 25.2 Å². The number of hydrogen-bond donors (Lipinski definition) is 4. The molecule has 1 fully saturated rings. The van der Waals surface area contributed by atoms with Crippen molar-refractivity contribution in [1.29, 1.82) is 0 Å². The number of rotatable bonds is 7. The normalized spacial score (nSPS) is 17.8. The number of amides is 1. The fourth-order valence-electron chi connectivity index (χ4n) is 3.05. The van der Waals surface area contributed by atoms with Gasteiger partial charge < -0.3 is 5.11 Å². The van der Waals surface area contributed by atoms with Gasteiger partial charge >= 0.3 is 5.97 Å². The standard InChI is InChI=1S/C22H18N6O3S2/c29-21-19(26-25-16-9-5-4-8-15(16)22(30)31)18(20-23-10-11-33-20)27-28(21)13-24-17(12-32)14-6-2-1-3-7-14/h1-13,18,25,27,32H,(H,30,31)/b17-12-,24-13?,26-19+. The maximum atomic E-state index is 13.1. The number of thiol groups is 1. The zero-order valence-electron chi connectivity index (χ0n) is 17.0. The Morgan fingerprint density at radius 3 is 2.67 bits per heavy atom. The van der Waals surface area contributed by atoms with E-state index in [1.54, 1.807) is 35.2 Å². The molecule has 3 aromatic rings. The summed E-state index contributed by atoms with van der Waals surface area (Å²) in [5.41, 5.74) is 7.58. The zero-order valence-corrected chi connectivity index (χ0v) is 18.7. The number of aliphatic imine (C=N–C) groups is 1. The van der Waals surface area contributed by atoms with Gasteiger partial charge in [0.1, 0.15) is 17.4 Å². The number of benzene rings is 2. The Labute approximate surface area is 198 Å². The smallest absolute Gasteiger partial charge is 0.337 e. The Morgan fingerprint density at radius 1 is 1.21 bits per heavy atom. The number of anilines is 1. The first-order valence-electron chi connectivity index (χ1n) is 9.67. The molecule has 0 radical (unpaired) electrons. The number of nitrogens with zero attached hydrogens (tertiary/aromatic N) is 4. The number of hydrazone groups is 1. The second kappa shape index (κ2) is 10.2. The van der Waals surface area contributed by atoms with Crippen LogP contribution in [-0.4, -0.2) is 39.0 Å². The Bertz CT molecular complexity index is 1240. The predicted octanol–water partition coefficient (Wildman–Crippen LogP) is 3.65. The van der Waals surface area contributed by atoms with E-state index in [1.165, 1.54) is 28.8 Å². The molecule has 1 atom stereocenters. The summed E-state index contributed by atoms with van der Waals surface area (Å²) in [4.78, 5) is 33.2. The minimum absolute atomic E-state index is 0.0379. The number of carboxylic acid groups (broad SMARTS) is 1. The molecule has 1 aromatic heterocycles. The zero-order chi connectivity index (χ0) is 23.2. The van der Waals surface area contributed by atoms with Gasteiger partial charge in [-0.2, -0.15) is 5.10 Å². The number of para-hydroxylation sites is 1. The molecular weight excluding hydrogens is 460 g/mol. The number of carbonyl (C=O) groups is 2. The summed E-state index contributed by atoms with van der Waals surface area (Å²) >= 11 is 5.58. The van der Waals surface area contributed by atoms with Gasteiger partial charge in [-0.1, -0.05) is 42.5 Å². The number of carbonyl (C=O) groups excluding carboxylic acids is 1. The first kappa shape index (κ1) is 22.4. The summed E-state index contributed by atoms with van der Waals surface area (Å²) in [5.74, 6) is -1.56. The Hall–Kier alpha value is -3.80. The van der Waals surface area contributed by atoms with E-state index in [0.717, 1.165) is 5.56 Å². The van der Waals surface area contributed by atoms with Crippen molar-refractivity contribution in [3.8, 4) is 0 Å². The van der Waals surface area contributed by atoms with Crippen LogP contribution in [0.5, 0.6) is 0 Å². The highest BCUT2D eigenvalue weighted by atomic mass is 32.1. The maximum absolute atomic E-state index is 13.1. The molecule has 2 aromatic carbocycles.